The fourth-order valence-corrected chi connectivity index (χ4v) is 2.14. The van der Waals surface area contributed by atoms with Gasteiger partial charge in [0.2, 0.25) is 9.84 Å². The molecule has 0 saturated carbocycles. The molecule has 1 rings (SSSR count). The Kier molecular flexibility index (Phi) is 4.39. The van der Waals surface area contributed by atoms with Crippen molar-refractivity contribution in [2.75, 3.05) is 12.4 Å². The molecule has 6 heteroatoms. The van der Waals surface area contributed by atoms with Crippen LogP contribution < -0.4 is 0 Å². The smallest absolute Gasteiger partial charge is 0.417 e. The minimum Gasteiger partial charge on any atom is -0.456 e. The molecule has 5 nitrogen and oxygen atoms in total. The van der Waals surface area contributed by atoms with E-state index in [1.165, 1.54) is 12.1 Å². The summed E-state index contributed by atoms with van der Waals surface area (Å²) in [7, 11) is -3.94. The van der Waals surface area contributed by atoms with E-state index >= 15 is 0 Å². The summed E-state index contributed by atoms with van der Waals surface area (Å²) in [5.74, 6) is -0.533. The van der Waals surface area contributed by atoms with Crippen LogP contribution >= 0.6 is 0 Å². The van der Waals surface area contributed by atoms with E-state index < -0.39 is 20.7 Å². The summed E-state index contributed by atoms with van der Waals surface area (Å²) in [4.78, 5) is 21.4. The van der Waals surface area contributed by atoms with Crippen molar-refractivity contribution in [1.82, 2.24) is 0 Å². The van der Waals surface area contributed by atoms with Crippen molar-refractivity contribution in [2.24, 2.45) is 0 Å². The fourth-order valence-electron chi connectivity index (χ4n) is 1.15. The molecule has 0 saturated heterocycles. The normalized spacial score (nSPS) is 10.9. The topological polar surface area (TPSA) is 77.5 Å². The molecule has 0 aliphatic rings. The third-order valence-electron chi connectivity index (χ3n) is 2.08. The van der Waals surface area contributed by atoms with Crippen molar-refractivity contribution in [3.05, 3.63) is 35.4 Å². The van der Waals surface area contributed by atoms with Crippen LogP contribution in [0.4, 0.5) is 0 Å². The van der Waals surface area contributed by atoms with Gasteiger partial charge in [0.05, 0.1) is 5.75 Å². The Morgan fingerprint density at radius 3 is 2.41 bits per heavy atom. The molecular weight excluding hydrogens is 244 g/mol. The van der Waals surface area contributed by atoms with Gasteiger partial charge in [-0.1, -0.05) is 29.8 Å². The SMILES string of the molecule is Cc1ccc(C(=O)S(=O)(=O)CCO[C]=O)cc1. The summed E-state index contributed by atoms with van der Waals surface area (Å²) < 4.78 is 27.2. The second kappa shape index (κ2) is 5.58. The molecule has 0 atom stereocenters. The zero-order chi connectivity index (χ0) is 12.9. The Bertz CT molecular complexity index is 501. The molecule has 0 N–H and O–H groups in total. The molecule has 0 spiro atoms. The summed E-state index contributed by atoms with van der Waals surface area (Å²) in [6, 6.07) is 6.20. The average Bonchev–Trinajstić information content (AvgIpc) is 2.29. The van der Waals surface area contributed by atoms with E-state index in [9.17, 15) is 18.0 Å². The third-order valence-corrected chi connectivity index (χ3v) is 3.59. The monoisotopic (exact) mass is 255 g/mol. The van der Waals surface area contributed by atoms with Crippen LogP contribution in [0.2, 0.25) is 0 Å². The minimum absolute atomic E-state index is 0.102. The minimum atomic E-state index is -3.94. The number of carbonyl (C=O) groups is 1. The Morgan fingerprint density at radius 2 is 1.88 bits per heavy atom. The van der Waals surface area contributed by atoms with Gasteiger partial charge in [-0.2, -0.15) is 0 Å². The lowest BCUT2D eigenvalue weighted by atomic mass is 10.2. The molecule has 0 aliphatic heterocycles. The molecule has 0 unspecified atom stereocenters. The van der Waals surface area contributed by atoms with E-state index in [-0.39, 0.29) is 12.2 Å². The quantitative estimate of drug-likeness (QED) is 0.721. The van der Waals surface area contributed by atoms with Gasteiger partial charge in [0.25, 0.3) is 5.12 Å². The highest BCUT2D eigenvalue weighted by Crippen LogP contribution is 2.08. The van der Waals surface area contributed by atoms with E-state index in [1.54, 1.807) is 12.1 Å². The maximum Gasteiger partial charge on any atom is 0.417 e. The van der Waals surface area contributed by atoms with Gasteiger partial charge in [0.15, 0.2) is 0 Å². The number of aryl methyl sites for hydroxylation is 1. The molecule has 0 heterocycles. The molecule has 1 radical (unpaired) electrons. The lowest BCUT2D eigenvalue weighted by Gasteiger charge is -2.02. The number of rotatable bonds is 5. The van der Waals surface area contributed by atoms with Gasteiger partial charge in [-0.05, 0) is 6.92 Å². The van der Waals surface area contributed by atoms with E-state index in [1.807, 2.05) is 6.92 Å². The van der Waals surface area contributed by atoms with Crippen molar-refractivity contribution in [2.45, 2.75) is 6.92 Å². The molecule has 1 aromatic rings. The highest BCUT2D eigenvalue weighted by atomic mass is 32.2. The largest absolute Gasteiger partial charge is 0.456 e. The first kappa shape index (κ1) is 13.4. The van der Waals surface area contributed by atoms with Crippen LogP contribution in [0.15, 0.2) is 24.3 Å². The summed E-state index contributed by atoms with van der Waals surface area (Å²) in [6.07, 6.45) is 0. The first-order valence-electron chi connectivity index (χ1n) is 4.80. The van der Waals surface area contributed by atoms with Crippen LogP contribution in [0.3, 0.4) is 0 Å². The van der Waals surface area contributed by atoms with Crippen molar-refractivity contribution in [1.29, 1.82) is 0 Å². The second-order valence-electron chi connectivity index (χ2n) is 3.40. The zero-order valence-electron chi connectivity index (χ0n) is 9.17. The van der Waals surface area contributed by atoms with Crippen LogP contribution in [0.5, 0.6) is 0 Å². The molecule has 0 aromatic heterocycles. The Morgan fingerprint density at radius 1 is 1.29 bits per heavy atom. The molecule has 1 aromatic carbocycles. The summed E-state index contributed by atoms with van der Waals surface area (Å²) in [5, 5.41) is -0.966. The molecule has 0 fully saturated rings. The van der Waals surface area contributed by atoms with E-state index in [2.05, 4.69) is 4.74 Å². The van der Waals surface area contributed by atoms with Gasteiger partial charge in [0, 0.05) is 5.56 Å². The Balaban J connectivity index is 2.81. The molecule has 91 valence electrons. The van der Waals surface area contributed by atoms with Gasteiger partial charge in [-0.15, -0.1) is 0 Å². The highest BCUT2D eigenvalue weighted by Gasteiger charge is 2.23. The predicted octanol–water partition coefficient (Wildman–Crippen LogP) is 0.634. The maximum atomic E-state index is 11.6. The first-order valence-corrected chi connectivity index (χ1v) is 6.45. The van der Waals surface area contributed by atoms with Crippen molar-refractivity contribution in [3.63, 3.8) is 0 Å². The highest BCUT2D eigenvalue weighted by molar-refractivity contribution is 8.06. The van der Waals surface area contributed by atoms with Gasteiger partial charge >= 0.3 is 6.47 Å². The lowest BCUT2D eigenvalue weighted by molar-refractivity contribution is 0.107. The van der Waals surface area contributed by atoms with Crippen LogP contribution in [0.1, 0.15) is 15.9 Å². The average molecular weight is 255 g/mol. The second-order valence-corrected chi connectivity index (χ2v) is 5.41. The van der Waals surface area contributed by atoms with E-state index in [0.717, 1.165) is 12.0 Å². The van der Waals surface area contributed by atoms with Crippen molar-refractivity contribution >= 4 is 21.4 Å². The van der Waals surface area contributed by atoms with Gasteiger partial charge in [0.1, 0.15) is 6.61 Å². The van der Waals surface area contributed by atoms with Gasteiger partial charge in [-0.25, -0.2) is 13.2 Å². The van der Waals surface area contributed by atoms with Crippen LogP contribution in [-0.4, -0.2) is 32.4 Å². The first-order chi connectivity index (χ1) is 7.97. The van der Waals surface area contributed by atoms with E-state index in [4.69, 9.17) is 0 Å². The summed E-state index contributed by atoms with van der Waals surface area (Å²) >= 11 is 0. The summed E-state index contributed by atoms with van der Waals surface area (Å²) in [6.45, 7) is 2.56. The Labute approximate surface area is 99.3 Å². The number of benzene rings is 1. The molecule has 0 amide bonds. The fraction of sp³-hybridized carbons (Fsp3) is 0.273. The summed E-state index contributed by atoms with van der Waals surface area (Å²) in [5.41, 5.74) is 1.03. The zero-order valence-corrected chi connectivity index (χ0v) is 9.99. The maximum absolute atomic E-state index is 11.6. The number of hydrogen-bond donors (Lipinski definition) is 0. The van der Waals surface area contributed by atoms with E-state index in [0.29, 0.717) is 0 Å². The number of ether oxygens (including phenoxy) is 1. The molecule has 0 aliphatic carbocycles. The van der Waals surface area contributed by atoms with Crippen LogP contribution in [0, 0.1) is 6.92 Å². The predicted molar refractivity (Wildman–Crippen MR) is 60.9 cm³/mol. The number of carbonyl (C=O) groups excluding carboxylic acids is 2. The van der Waals surface area contributed by atoms with Crippen LogP contribution in [0.25, 0.3) is 0 Å². The number of sulfone groups is 1. The lowest BCUT2D eigenvalue weighted by Crippen LogP contribution is -2.21. The number of hydrogen-bond acceptors (Lipinski definition) is 5. The molecular formula is C11H11O5S. The van der Waals surface area contributed by atoms with Crippen LogP contribution in [-0.2, 0) is 19.4 Å². The van der Waals surface area contributed by atoms with Crippen molar-refractivity contribution in [3.8, 4) is 0 Å². The molecule has 17 heavy (non-hydrogen) atoms. The van der Waals surface area contributed by atoms with Gasteiger partial charge in [-0.3, -0.25) is 4.79 Å². The van der Waals surface area contributed by atoms with Gasteiger partial charge < -0.3 is 4.74 Å². The van der Waals surface area contributed by atoms with Crippen molar-refractivity contribution < 1.29 is 22.7 Å². The third kappa shape index (κ3) is 3.67. The molecule has 0 bridgehead atoms. The Hall–Kier alpha value is -1.69. The standard InChI is InChI=1S/C11H11O5S/c1-9-2-4-10(5-3-9)11(13)17(14,15)7-6-16-8-12/h2-5H,6-7H2,1H3.